The lowest BCUT2D eigenvalue weighted by molar-refractivity contribution is -0.121. The summed E-state index contributed by atoms with van der Waals surface area (Å²) in [6.07, 6.45) is 4.76. The summed E-state index contributed by atoms with van der Waals surface area (Å²) in [6.45, 7) is 0. The van der Waals surface area contributed by atoms with Gasteiger partial charge in [-0.05, 0) is 62.1 Å². The van der Waals surface area contributed by atoms with E-state index in [0.29, 0.717) is 17.6 Å². The Hall–Kier alpha value is -2.24. The second kappa shape index (κ2) is 8.63. The summed E-state index contributed by atoms with van der Waals surface area (Å²) in [5.41, 5.74) is 0. The van der Waals surface area contributed by atoms with Crippen LogP contribution in [0.5, 0.6) is 0 Å². The van der Waals surface area contributed by atoms with Crippen molar-refractivity contribution in [2.45, 2.75) is 25.7 Å². The zero-order valence-electron chi connectivity index (χ0n) is 15.6. The van der Waals surface area contributed by atoms with E-state index in [1.165, 1.54) is 41.6 Å². The molecule has 3 aromatic carbocycles. The van der Waals surface area contributed by atoms with E-state index in [1.54, 1.807) is 0 Å². The quantitative estimate of drug-likeness (QED) is 0.600. The molecular formula is C25H26OP+. The molecule has 0 unspecified atom stereocenters. The maximum Gasteiger partial charge on any atom is 0.139 e. The molecule has 0 aromatic heterocycles. The van der Waals surface area contributed by atoms with Crippen molar-refractivity contribution in [2.24, 2.45) is 11.8 Å². The van der Waals surface area contributed by atoms with E-state index < -0.39 is 7.92 Å². The number of hydrogen-bond acceptors (Lipinski definition) is 1. The molecule has 0 bridgehead atoms. The fourth-order valence-electron chi connectivity index (χ4n) is 3.38. The minimum absolute atomic E-state index is 0.516. The average Bonchev–Trinajstić information content (AvgIpc) is 3.64. The second-order valence-electron chi connectivity index (χ2n) is 7.42. The van der Waals surface area contributed by atoms with Gasteiger partial charge in [0.1, 0.15) is 21.7 Å². The third-order valence-corrected chi connectivity index (χ3v) is 7.88. The minimum Gasteiger partial charge on any atom is -0.299 e. The molecule has 0 radical (unpaired) electrons. The summed E-state index contributed by atoms with van der Waals surface area (Å²) in [5.74, 6) is 1.61. The van der Waals surface area contributed by atoms with Crippen LogP contribution in [0.1, 0.15) is 25.7 Å². The molecule has 2 heteroatoms. The van der Waals surface area contributed by atoms with Gasteiger partial charge in [0, 0.05) is 11.8 Å². The van der Waals surface area contributed by atoms with Crippen LogP contribution in [0, 0.1) is 11.8 Å². The minimum atomic E-state index is -0.877. The Morgan fingerprint density at radius 2 is 0.852 bits per heavy atom. The zero-order valence-corrected chi connectivity index (χ0v) is 16.6. The lowest BCUT2D eigenvalue weighted by atomic mass is 10.2. The first kappa shape index (κ1) is 18.1. The standard InChI is InChI=1S/C18H15P.C7H10O/c1-4-10-16(11-5-1)19(17-12-6-2-7-13-17)18-14-8-3-9-15-18;8-7(5-1-2-5)6-3-4-6/h1-15H;5-6H,1-4H2/p+1. The van der Waals surface area contributed by atoms with Crippen LogP contribution in [0.4, 0.5) is 0 Å². The van der Waals surface area contributed by atoms with E-state index in [9.17, 15) is 4.79 Å². The summed E-state index contributed by atoms with van der Waals surface area (Å²) in [4.78, 5) is 11.0. The number of hydrogen-bond donors (Lipinski definition) is 0. The normalized spacial score (nSPS) is 15.7. The lowest BCUT2D eigenvalue weighted by Crippen LogP contribution is -2.20. The number of Topliss-reactive ketones (excluding diaryl/α,β-unsaturated/α-hetero) is 1. The molecule has 136 valence electrons. The number of benzene rings is 3. The second-order valence-corrected chi connectivity index (χ2v) is 9.91. The fraction of sp³-hybridized carbons (Fsp3) is 0.240. The van der Waals surface area contributed by atoms with Crippen molar-refractivity contribution >= 4 is 29.6 Å². The van der Waals surface area contributed by atoms with Crippen LogP contribution >= 0.6 is 7.92 Å². The molecule has 0 N–H and O–H groups in total. The molecule has 0 aliphatic heterocycles. The number of carbonyl (C=O) groups is 1. The van der Waals surface area contributed by atoms with Crippen LogP contribution < -0.4 is 15.9 Å². The molecule has 0 saturated heterocycles. The first-order chi connectivity index (χ1) is 13.3. The van der Waals surface area contributed by atoms with E-state index in [2.05, 4.69) is 91.0 Å². The smallest absolute Gasteiger partial charge is 0.139 e. The molecule has 2 aliphatic carbocycles. The Kier molecular flexibility index (Phi) is 5.80. The first-order valence-corrected chi connectivity index (χ1v) is 11.4. The Morgan fingerprint density at radius 1 is 0.556 bits per heavy atom. The lowest BCUT2D eigenvalue weighted by Gasteiger charge is -2.10. The predicted octanol–water partition coefficient (Wildman–Crippen LogP) is 4.55. The van der Waals surface area contributed by atoms with Crippen LogP contribution in [0.15, 0.2) is 91.0 Å². The van der Waals surface area contributed by atoms with Gasteiger partial charge in [-0.25, -0.2) is 0 Å². The Balaban J connectivity index is 0.000000186. The summed E-state index contributed by atoms with van der Waals surface area (Å²) in [6, 6.07) is 32.5. The number of carbonyl (C=O) groups excluding carboxylic acids is 1. The number of rotatable bonds is 5. The van der Waals surface area contributed by atoms with Crippen molar-refractivity contribution in [3.63, 3.8) is 0 Å². The highest BCUT2D eigenvalue weighted by atomic mass is 31.1. The Labute approximate surface area is 163 Å². The molecule has 0 heterocycles. The molecule has 2 fully saturated rings. The molecule has 0 amide bonds. The third-order valence-electron chi connectivity index (χ3n) is 5.15. The van der Waals surface area contributed by atoms with Gasteiger partial charge in [-0.1, -0.05) is 54.6 Å². The monoisotopic (exact) mass is 373 g/mol. The number of ketones is 1. The van der Waals surface area contributed by atoms with E-state index in [1.807, 2.05) is 0 Å². The van der Waals surface area contributed by atoms with Gasteiger partial charge in [0.2, 0.25) is 0 Å². The molecule has 0 atom stereocenters. The van der Waals surface area contributed by atoms with Crippen molar-refractivity contribution in [3.05, 3.63) is 91.0 Å². The Morgan fingerprint density at radius 3 is 1.11 bits per heavy atom. The highest BCUT2D eigenvalue weighted by Crippen LogP contribution is 2.40. The SMILES string of the molecule is O=C(C1CC1)C1CC1.c1ccc([PH+](c2ccccc2)c2ccccc2)cc1. The van der Waals surface area contributed by atoms with Gasteiger partial charge >= 0.3 is 0 Å². The van der Waals surface area contributed by atoms with Crippen molar-refractivity contribution in [2.75, 3.05) is 0 Å². The molecule has 2 saturated carbocycles. The fourth-order valence-corrected chi connectivity index (χ4v) is 5.96. The molecule has 2 aliphatic rings. The predicted molar refractivity (Wildman–Crippen MR) is 117 cm³/mol. The molecular weight excluding hydrogens is 347 g/mol. The Bertz CT molecular complexity index is 745. The highest BCUT2D eigenvalue weighted by molar-refractivity contribution is 7.79. The van der Waals surface area contributed by atoms with Crippen LogP contribution in [0.25, 0.3) is 0 Å². The van der Waals surface area contributed by atoms with Gasteiger partial charge in [0.05, 0.1) is 7.92 Å². The van der Waals surface area contributed by atoms with Crippen molar-refractivity contribution in [1.82, 2.24) is 0 Å². The molecule has 0 spiro atoms. The third kappa shape index (κ3) is 4.93. The van der Waals surface area contributed by atoms with Gasteiger partial charge in [-0.3, -0.25) is 4.79 Å². The highest BCUT2D eigenvalue weighted by Gasteiger charge is 2.39. The van der Waals surface area contributed by atoms with Crippen molar-refractivity contribution in [3.8, 4) is 0 Å². The van der Waals surface area contributed by atoms with E-state index in [4.69, 9.17) is 0 Å². The maximum absolute atomic E-state index is 11.0. The summed E-state index contributed by atoms with van der Waals surface area (Å²) in [5, 5.41) is 4.31. The average molecular weight is 373 g/mol. The van der Waals surface area contributed by atoms with Crippen LogP contribution in [-0.4, -0.2) is 5.78 Å². The molecule has 1 nitrogen and oxygen atoms in total. The van der Waals surface area contributed by atoms with Crippen molar-refractivity contribution < 1.29 is 4.79 Å². The van der Waals surface area contributed by atoms with Crippen LogP contribution in [0.3, 0.4) is 0 Å². The van der Waals surface area contributed by atoms with E-state index in [0.717, 1.165) is 0 Å². The van der Waals surface area contributed by atoms with Crippen LogP contribution in [0.2, 0.25) is 0 Å². The van der Waals surface area contributed by atoms with Gasteiger partial charge in [0.25, 0.3) is 0 Å². The molecule has 27 heavy (non-hydrogen) atoms. The largest absolute Gasteiger partial charge is 0.299 e. The first-order valence-electron chi connectivity index (χ1n) is 9.90. The van der Waals surface area contributed by atoms with Crippen LogP contribution in [-0.2, 0) is 4.79 Å². The van der Waals surface area contributed by atoms with Crippen molar-refractivity contribution in [1.29, 1.82) is 0 Å². The molecule has 5 rings (SSSR count). The van der Waals surface area contributed by atoms with Gasteiger partial charge in [-0.2, -0.15) is 0 Å². The van der Waals surface area contributed by atoms with Gasteiger partial charge < -0.3 is 0 Å². The van der Waals surface area contributed by atoms with E-state index >= 15 is 0 Å². The van der Waals surface area contributed by atoms with E-state index in [-0.39, 0.29) is 0 Å². The molecule has 3 aromatic rings. The topological polar surface area (TPSA) is 17.1 Å². The van der Waals surface area contributed by atoms with Gasteiger partial charge in [0.15, 0.2) is 0 Å². The van der Waals surface area contributed by atoms with Gasteiger partial charge in [-0.15, -0.1) is 0 Å². The summed E-state index contributed by atoms with van der Waals surface area (Å²) < 4.78 is 0. The summed E-state index contributed by atoms with van der Waals surface area (Å²) >= 11 is 0. The summed E-state index contributed by atoms with van der Waals surface area (Å²) in [7, 11) is -0.877. The zero-order chi connectivity index (χ0) is 18.5. The maximum atomic E-state index is 11.0.